The third kappa shape index (κ3) is 2.98. The first-order valence-corrected chi connectivity index (χ1v) is 10.6. The van der Waals surface area contributed by atoms with Crippen LogP contribution in [0.15, 0.2) is 34.1 Å². The highest BCUT2D eigenvalue weighted by Gasteiger charge is 2.35. The van der Waals surface area contributed by atoms with Crippen molar-refractivity contribution in [3.05, 3.63) is 41.5 Å². The van der Waals surface area contributed by atoms with E-state index >= 15 is 0 Å². The van der Waals surface area contributed by atoms with Gasteiger partial charge in [0.2, 0.25) is 10.0 Å². The Hall–Kier alpha value is -1.78. The Morgan fingerprint density at radius 3 is 2.08 bits per heavy atom. The molecule has 1 aliphatic rings. The van der Waals surface area contributed by atoms with Gasteiger partial charge < -0.3 is 0 Å². The SMILES string of the molecule is Cc1nn(S(=O)(=O)c2ccc(F)cc2)c(C)c1S(=O)(=O)N1CCCC1. The molecular formula is C15H18FN3O4S2. The summed E-state index contributed by atoms with van der Waals surface area (Å²) in [6.07, 6.45) is 1.55. The van der Waals surface area contributed by atoms with Crippen molar-refractivity contribution in [3.63, 3.8) is 0 Å². The first-order valence-electron chi connectivity index (χ1n) is 7.73. The molecule has 0 N–H and O–H groups in total. The molecule has 2 aromatic rings. The smallest absolute Gasteiger partial charge is 0.207 e. The number of hydrogen-bond donors (Lipinski definition) is 0. The predicted octanol–water partition coefficient (Wildman–Crippen LogP) is 1.66. The van der Waals surface area contributed by atoms with E-state index in [0.29, 0.717) is 17.2 Å². The Morgan fingerprint density at radius 1 is 0.960 bits per heavy atom. The molecule has 1 fully saturated rings. The summed E-state index contributed by atoms with van der Waals surface area (Å²) in [6.45, 7) is 3.70. The summed E-state index contributed by atoms with van der Waals surface area (Å²) < 4.78 is 66.3. The minimum atomic E-state index is -4.12. The van der Waals surface area contributed by atoms with Crippen LogP contribution in [0.5, 0.6) is 0 Å². The summed E-state index contributed by atoms with van der Waals surface area (Å²) in [5.41, 5.74) is 0.142. The molecule has 0 bridgehead atoms. The molecule has 10 heteroatoms. The highest BCUT2D eigenvalue weighted by molar-refractivity contribution is 7.90. The summed E-state index contributed by atoms with van der Waals surface area (Å²) >= 11 is 0. The van der Waals surface area contributed by atoms with Gasteiger partial charge in [0, 0.05) is 13.1 Å². The van der Waals surface area contributed by atoms with Crippen LogP contribution in [0, 0.1) is 19.7 Å². The van der Waals surface area contributed by atoms with E-state index in [1.807, 2.05) is 0 Å². The van der Waals surface area contributed by atoms with Gasteiger partial charge in [-0.15, -0.1) is 0 Å². The number of aromatic nitrogens is 2. The van der Waals surface area contributed by atoms with Crippen molar-refractivity contribution in [3.8, 4) is 0 Å². The van der Waals surface area contributed by atoms with Crippen molar-refractivity contribution in [2.45, 2.75) is 36.5 Å². The molecule has 1 aromatic heterocycles. The molecule has 136 valence electrons. The van der Waals surface area contributed by atoms with Crippen LogP contribution in [0.3, 0.4) is 0 Å². The standard InChI is InChI=1S/C15H18FN3O4S2/c1-11-15(25(22,23)18-9-3-4-10-18)12(2)19(17-11)24(20,21)14-7-5-13(16)6-8-14/h5-8H,3-4,9-10H2,1-2H3. The molecule has 0 amide bonds. The lowest BCUT2D eigenvalue weighted by Crippen LogP contribution is -2.29. The zero-order chi connectivity index (χ0) is 18.4. The summed E-state index contributed by atoms with van der Waals surface area (Å²) in [5, 5.41) is 3.95. The molecule has 0 spiro atoms. The molecule has 0 saturated carbocycles. The van der Waals surface area contributed by atoms with E-state index in [9.17, 15) is 21.2 Å². The first kappa shape index (κ1) is 18.0. The quantitative estimate of drug-likeness (QED) is 0.796. The average molecular weight is 387 g/mol. The maximum atomic E-state index is 13.1. The van der Waals surface area contributed by atoms with Gasteiger partial charge in [-0.25, -0.2) is 12.8 Å². The summed E-state index contributed by atoms with van der Waals surface area (Å²) in [5.74, 6) is -0.565. The molecule has 2 heterocycles. The molecule has 3 rings (SSSR count). The van der Waals surface area contributed by atoms with E-state index in [2.05, 4.69) is 5.10 Å². The number of aryl methyl sites for hydroxylation is 1. The van der Waals surface area contributed by atoms with Gasteiger partial charge in [0.1, 0.15) is 10.7 Å². The van der Waals surface area contributed by atoms with Gasteiger partial charge in [-0.1, -0.05) is 0 Å². The van der Waals surface area contributed by atoms with Crippen LogP contribution in [0.4, 0.5) is 4.39 Å². The van der Waals surface area contributed by atoms with Crippen molar-refractivity contribution >= 4 is 20.0 Å². The van der Waals surface area contributed by atoms with Crippen LogP contribution in [-0.4, -0.2) is 43.4 Å². The summed E-state index contributed by atoms with van der Waals surface area (Å²) in [4.78, 5) is -0.246. The second kappa shape index (κ2) is 6.19. The van der Waals surface area contributed by atoms with E-state index < -0.39 is 25.9 Å². The van der Waals surface area contributed by atoms with E-state index in [1.165, 1.54) is 18.2 Å². The Bertz CT molecular complexity index is 1010. The Labute approximate surface area is 146 Å². The number of rotatable bonds is 4. The van der Waals surface area contributed by atoms with Gasteiger partial charge in [-0.2, -0.15) is 21.9 Å². The van der Waals surface area contributed by atoms with Crippen molar-refractivity contribution in [1.82, 2.24) is 13.5 Å². The van der Waals surface area contributed by atoms with Gasteiger partial charge in [-0.3, -0.25) is 0 Å². The lowest BCUT2D eigenvalue weighted by atomic mass is 10.4. The molecule has 0 unspecified atom stereocenters. The minimum Gasteiger partial charge on any atom is -0.207 e. The highest BCUT2D eigenvalue weighted by Crippen LogP contribution is 2.28. The first-order chi connectivity index (χ1) is 11.7. The van der Waals surface area contributed by atoms with Crippen LogP contribution in [0.25, 0.3) is 0 Å². The number of hydrogen-bond acceptors (Lipinski definition) is 5. The van der Waals surface area contributed by atoms with Gasteiger partial charge >= 0.3 is 0 Å². The Kier molecular flexibility index (Phi) is 4.46. The van der Waals surface area contributed by atoms with Crippen LogP contribution in [0.2, 0.25) is 0 Å². The van der Waals surface area contributed by atoms with Crippen molar-refractivity contribution in [1.29, 1.82) is 0 Å². The van der Waals surface area contributed by atoms with E-state index in [0.717, 1.165) is 37.1 Å². The van der Waals surface area contributed by atoms with Crippen LogP contribution in [0.1, 0.15) is 24.2 Å². The minimum absolute atomic E-state index is 0.0220. The molecule has 0 radical (unpaired) electrons. The molecule has 1 aromatic carbocycles. The molecule has 0 aliphatic carbocycles. The Morgan fingerprint density at radius 2 is 1.52 bits per heavy atom. The number of halogens is 1. The topological polar surface area (TPSA) is 89.3 Å². The summed E-state index contributed by atoms with van der Waals surface area (Å²) in [6, 6.07) is 4.30. The zero-order valence-corrected chi connectivity index (χ0v) is 15.4. The van der Waals surface area contributed by atoms with Gasteiger partial charge in [0.05, 0.1) is 16.3 Å². The Balaban J connectivity index is 2.13. The maximum Gasteiger partial charge on any atom is 0.283 e. The maximum absolute atomic E-state index is 13.1. The van der Waals surface area contributed by atoms with Crippen molar-refractivity contribution < 1.29 is 21.2 Å². The van der Waals surface area contributed by atoms with Crippen molar-refractivity contribution in [2.75, 3.05) is 13.1 Å². The van der Waals surface area contributed by atoms with E-state index in [-0.39, 0.29) is 21.2 Å². The lowest BCUT2D eigenvalue weighted by Gasteiger charge is -2.15. The molecular weight excluding hydrogens is 369 g/mol. The third-order valence-electron chi connectivity index (χ3n) is 4.19. The van der Waals surface area contributed by atoms with Gasteiger partial charge in [0.25, 0.3) is 10.0 Å². The molecule has 1 saturated heterocycles. The second-order valence-corrected chi connectivity index (χ2v) is 9.56. The number of nitrogens with zero attached hydrogens (tertiary/aromatic N) is 3. The van der Waals surface area contributed by atoms with E-state index in [4.69, 9.17) is 0 Å². The number of benzene rings is 1. The zero-order valence-electron chi connectivity index (χ0n) is 13.8. The highest BCUT2D eigenvalue weighted by atomic mass is 32.2. The second-order valence-electron chi connectivity index (χ2n) is 5.91. The normalized spacial score (nSPS) is 16.4. The van der Waals surface area contributed by atoms with Gasteiger partial charge in [0.15, 0.2) is 0 Å². The van der Waals surface area contributed by atoms with E-state index in [1.54, 1.807) is 0 Å². The molecule has 25 heavy (non-hydrogen) atoms. The molecule has 1 aliphatic heterocycles. The fourth-order valence-corrected chi connectivity index (χ4v) is 6.27. The van der Waals surface area contributed by atoms with Crippen LogP contribution < -0.4 is 0 Å². The monoisotopic (exact) mass is 387 g/mol. The fraction of sp³-hybridized carbons (Fsp3) is 0.400. The predicted molar refractivity (Wildman–Crippen MR) is 88.7 cm³/mol. The fourth-order valence-electron chi connectivity index (χ4n) is 2.98. The van der Waals surface area contributed by atoms with Crippen LogP contribution in [-0.2, 0) is 20.0 Å². The lowest BCUT2D eigenvalue weighted by molar-refractivity contribution is 0.476. The number of sulfonamides is 1. The molecule has 0 atom stereocenters. The summed E-state index contributed by atoms with van der Waals surface area (Å²) in [7, 11) is -7.92. The molecule has 7 nitrogen and oxygen atoms in total. The van der Waals surface area contributed by atoms with Gasteiger partial charge in [-0.05, 0) is 51.0 Å². The van der Waals surface area contributed by atoms with Crippen LogP contribution >= 0.6 is 0 Å². The van der Waals surface area contributed by atoms with Crippen molar-refractivity contribution in [2.24, 2.45) is 0 Å². The average Bonchev–Trinajstić information content (AvgIpc) is 3.16. The third-order valence-corrected chi connectivity index (χ3v) is 8.02. The largest absolute Gasteiger partial charge is 0.283 e.